The Balaban J connectivity index is 1.32. The number of nitro groups is 1. The predicted octanol–water partition coefficient (Wildman–Crippen LogP) is 4.10. The lowest BCUT2D eigenvalue weighted by atomic mass is 10.1. The van der Waals surface area contributed by atoms with E-state index in [1.54, 1.807) is 16.6 Å². The number of benzene rings is 2. The Hall–Kier alpha value is -3.97. The smallest absolute Gasteiger partial charge is 0.293 e. The largest absolute Gasteiger partial charge is 0.366 e. The van der Waals surface area contributed by atoms with Gasteiger partial charge in [0.05, 0.1) is 4.92 Å². The molecule has 1 aliphatic heterocycles. The second kappa shape index (κ2) is 9.59. The molecular weight excluding hydrogens is 500 g/mol. The molecule has 0 unspecified atom stereocenters. The van der Waals surface area contributed by atoms with E-state index in [1.165, 1.54) is 17.4 Å². The summed E-state index contributed by atoms with van der Waals surface area (Å²) >= 11 is 6.79. The van der Waals surface area contributed by atoms with E-state index in [0.717, 1.165) is 42.1 Å². The van der Waals surface area contributed by atoms with E-state index >= 15 is 0 Å². The Morgan fingerprint density at radius 2 is 1.94 bits per heavy atom. The SMILES string of the molecule is Cc1c(NC(=S)NC(=O)c2ccc(N3CCCC3)c([N+](=O)[O-])c2)cccc1-c1nn2c(C)nnc2s1. The van der Waals surface area contributed by atoms with Gasteiger partial charge in [0, 0.05) is 36.0 Å². The van der Waals surface area contributed by atoms with Crippen molar-refractivity contribution in [2.24, 2.45) is 0 Å². The summed E-state index contributed by atoms with van der Waals surface area (Å²) in [7, 11) is 0. The molecule has 36 heavy (non-hydrogen) atoms. The minimum atomic E-state index is -0.526. The van der Waals surface area contributed by atoms with E-state index in [0.29, 0.717) is 22.2 Å². The third-order valence-electron chi connectivity index (χ3n) is 6.07. The Kier molecular flexibility index (Phi) is 6.33. The topological polar surface area (TPSA) is 131 Å². The van der Waals surface area contributed by atoms with Crippen molar-refractivity contribution in [2.75, 3.05) is 23.3 Å². The van der Waals surface area contributed by atoms with Gasteiger partial charge in [0.1, 0.15) is 10.7 Å². The maximum Gasteiger partial charge on any atom is 0.293 e. The summed E-state index contributed by atoms with van der Waals surface area (Å²) in [6, 6.07) is 10.2. The Labute approximate surface area is 215 Å². The van der Waals surface area contributed by atoms with E-state index < -0.39 is 10.8 Å². The quantitative estimate of drug-likeness (QED) is 0.226. The Morgan fingerprint density at radius 1 is 1.17 bits per heavy atom. The van der Waals surface area contributed by atoms with Crippen LogP contribution in [0, 0.1) is 24.0 Å². The van der Waals surface area contributed by atoms with Crippen molar-refractivity contribution in [2.45, 2.75) is 26.7 Å². The average molecular weight is 523 g/mol. The molecule has 0 atom stereocenters. The van der Waals surface area contributed by atoms with Gasteiger partial charge in [0.2, 0.25) is 4.96 Å². The normalized spacial score (nSPS) is 13.2. The summed E-state index contributed by atoms with van der Waals surface area (Å²) in [6.45, 7) is 5.30. The molecule has 2 N–H and O–H groups in total. The van der Waals surface area contributed by atoms with Gasteiger partial charge in [-0.05, 0) is 62.7 Å². The van der Waals surface area contributed by atoms with Crippen LogP contribution in [0.15, 0.2) is 36.4 Å². The van der Waals surface area contributed by atoms with Crippen LogP contribution in [0.5, 0.6) is 0 Å². The number of nitrogens with one attached hydrogen (secondary N) is 2. The van der Waals surface area contributed by atoms with Crippen molar-refractivity contribution in [3.05, 3.63) is 63.5 Å². The molecule has 4 aromatic rings. The lowest BCUT2D eigenvalue weighted by Gasteiger charge is -2.18. The molecule has 1 fully saturated rings. The van der Waals surface area contributed by atoms with E-state index in [2.05, 4.69) is 25.9 Å². The van der Waals surface area contributed by atoms with Crippen LogP contribution in [0.4, 0.5) is 17.1 Å². The first-order chi connectivity index (χ1) is 17.3. The summed E-state index contributed by atoms with van der Waals surface area (Å²) in [5.41, 5.74) is 3.10. The minimum absolute atomic E-state index is 0.0838. The van der Waals surface area contributed by atoms with E-state index in [1.807, 2.05) is 36.9 Å². The molecule has 1 aliphatic rings. The van der Waals surface area contributed by atoms with Gasteiger partial charge in [0.15, 0.2) is 10.9 Å². The number of nitro benzene ring substituents is 1. The fourth-order valence-corrected chi connectivity index (χ4v) is 5.36. The first-order valence-electron chi connectivity index (χ1n) is 11.3. The summed E-state index contributed by atoms with van der Waals surface area (Å²) in [4.78, 5) is 26.7. The molecule has 0 aliphatic carbocycles. The zero-order valence-electron chi connectivity index (χ0n) is 19.5. The standard InChI is InChI=1S/C23H22N8O3S2/c1-13-16(21-28-30-14(2)26-27-23(30)36-21)6-5-7-17(13)24-22(35)25-20(32)15-8-9-18(19(12-15)31(33)34)29-10-3-4-11-29/h5-9,12H,3-4,10-11H2,1-2H3,(H2,24,25,32,35). The van der Waals surface area contributed by atoms with Crippen molar-refractivity contribution in [3.63, 3.8) is 0 Å². The van der Waals surface area contributed by atoms with Crippen LogP contribution in [0.2, 0.25) is 0 Å². The number of nitrogens with zero attached hydrogens (tertiary/aromatic N) is 6. The molecule has 0 radical (unpaired) electrons. The maximum atomic E-state index is 12.8. The molecule has 5 rings (SSSR count). The monoisotopic (exact) mass is 522 g/mol. The molecule has 1 saturated heterocycles. The second-order valence-electron chi connectivity index (χ2n) is 8.39. The van der Waals surface area contributed by atoms with Crippen LogP contribution in [-0.2, 0) is 0 Å². The minimum Gasteiger partial charge on any atom is -0.366 e. The number of aromatic nitrogens is 4. The van der Waals surface area contributed by atoms with E-state index in [4.69, 9.17) is 12.2 Å². The Bertz CT molecular complexity index is 1510. The second-order valence-corrected chi connectivity index (χ2v) is 9.75. The number of carbonyl (C=O) groups excluding carboxylic acids is 1. The number of rotatable bonds is 5. The van der Waals surface area contributed by atoms with Gasteiger partial charge in [-0.25, -0.2) is 0 Å². The Morgan fingerprint density at radius 3 is 2.67 bits per heavy atom. The highest BCUT2D eigenvalue weighted by molar-refractivity contribution is 7.80. The van der Waals surface area contributed by atoms with Gasteiger partial charge < -0.3 is 10.2 Å². The number of hydrogen-bond acceptors (Lipinski definition) is 9. The zero-order valence-corrected chi connectivity index (χ0v) is 21.2. The van der Waals surface area contributed by atoms with Gasteiger partial charge in [-0.15, -0.1) is 10.2 Å². The van der Waals surface area contributed by atoms with Crippen LogP contribution in [-0.4, -0.2) is 48.8 Å². The molecular formula is C23H22N8O3S2. The van der Waals surface area contributed by atoms with Gasteiger partial charge in [0.25, 0.3) is 11.6 Å². The number of anilines is 2. The molecule has 0 spiro atoms. The lowest BCUT2D eigenvalue weighted by Crippen LogP contribution is -2.34. The van der Waals surface area contributed by atoms with Crippen LogP contribution in [0.1, 0.15) is 34.6 Å². The highest BCUT2D eigenvalue weighted by Gasteiger charge is 2.24. The van der Waals surface area contributed by atoms with E-state index in [9.17, 15) is 14.9 Å². The molecule has 0 bridgehead atoms. The molecule has 2 aromatic heterocycles. The number of amides is 1. The summed E-state index contributed by atoms with van der Waals surface area (Å²) < 4.78 is 1.69. The van der Waals surface area contributed by atoms with Crippen LogP contribution >= 0.6 is 23.6 Å². The number of aryl methyl sites for hydroxylation is 1. The fourth-order valence-electron chi connectivity index (χ4n) is 4.19. The average Bonchev–Trinajstić information content (AvgIpc) is 3.60. The van der Waals surface area contributed by atoms with Crippen molar-refractivity contribution in [1.82, 2.24) is 25.1 Å². The lowest BCUT2D eigenvalue weighted by molar-refractivity contribution is -0.384. The van der Waals surface area contributed by atoms with Gasteiger partial charge in [-0.3, -0.25) is 20.2 Å². The van der Waals surface area contributed by atoms with Gasteiger partial charge >= 0.3 is 0 Å². The molecule has 11 nitrogen and oxygen atoms in total. The number of carbonyl (C=O) groups is 1. The van der Waals surface area contributed by atoms with Crippen molar-refractivity contribution in [1.29, 1.82) is 0 Å². The third kappa shape index (κ3) is 4.50. The summed E-state index contributed by atoms with van der Waals surface area (Å²) in [6.07, 6.45) is 1.99. The van der Waals surface area contributed by atoms with Crippen molar-refractivity contribution < 1.29 is 9.72 Å². The first-order valence-corrected chi connectivity index (χ1v) is 12.5. The summed E-state index contributed by atoms with van der Waals surface area (Å²) in [5.74, 6) is 0.179. The summed E-state index contributed by atoms with van der Waals surface area (Å²) in [5, 5.41) is 30.9. The number of hydrogen-bond donors (Lipinski definition) is 2. The third-order valence-corrected chi connectivity index (χ3v) is 7.20. The first kappa shape index (κ1) is 23.8. The zero-order chi connectivity index (χ0) is 25.4. The number of fused-ring (bicyclic) bond motifs is 1. The highest BCUT2D eigenvalue weighted by atomic mass is 32.1. The molecule has 13 heteroatoms. The molecule has 1 amide bonds. The van der Waals surface area contributed by atoms with E-state index in [-0.39, 0.29) is 16.4 Å². The maximum absolute atomic E-state index is 12.8. The number of thiocarbonyl (C=S) groups is 1. The van der Waals surface area contributed by atoms with Gasteiger partial charge in [-0.2, -0.15) is 9.61 Å². The van der Waals surface area contributed by atoms with Crippen LogP contribution in [0.3, 0.4) is 0 Å². The van der Waals surface area contributed by atoms with Crippen molar-refractivity contribution in [3.8, 4) is 10.6 Å². The molecule has 2 aromatic carbocycles. The molecule has 3 heterocycles. The molecule has 0 saturated carbocycles. The molecule has 184 valence electrons. The van der Waals surface area contributed by atoms with Gasteiger partial charge in [-0.1, -0.05) is 23.5 Å². The predicted molar refractivity (Wildman–Crippen MR) is 142 cm³/mol. The van der Waals surface area contributed by atoms with Crippen molar-refractivity contribution >= 4 is 56.6 Å². The van der Waals surface area contributed by atoms with Crippen LogP contribution in [0.25, 0.3) is 15.5 Å². The fraction of sp³-hybridized carbons (Fsp3) is 0.261. The highest BCUT2D eigenvalue weighted by Crippen LogP contribution is 2.33. The van der Waals surface area contributed by atoms with Crippen LogP contribution < -0.4 is 15.5 Å².